The fourth-order valence-electron chi connectivity index (χ4n) is 3.85. The Morgan fingerprint density at radius 3 is 3.00 bits per heavy atom. The van der Waals surface area contributed by atoms with E-state index in [1.807, 2.05) is 35.6 Å². The average molecular weight is 342 g/mol. The van der Waals surface area contributed by atoms with Gasteiger partial charge in [0.1, 0.15) is 0 Å². The lowest BCUT2D eigenvalue weighted by atomic mass is 9.97. The minimum Gasteiger partial charge on any atom is -0.408 e. The van der Waals surface area contributed by atoms with Crippen molar-refractivity contribution >= 4 is 22.4 Å². The molecule has 0 spiro atoms. The fourth-order valence-corrected chi connectivity index (χ4v) is 4.78. The summed E-state index contributed by atoms with van der Waals surface area (Å²) in [6.45, 7) is 5.10. The predicted molar refractivity (Wildman–Crippen MR) is 97.7 cm³/mol. The van der Waals surface area contributed by atoms with Gasteiger partial charge in [0.05, 0.1) is 5.52 Å². The quantitative estimate of drug-likeness (QED) is 0.702. The highest BCUT2D eigenvalue weighted by Crippen LogP contribution is 2.35. The summed E-state index contributed by atoms with van der Waals surface area (Å²) >= 11 is 1.89. The van der Waals surface area contributed by atoms with E-state index in [0.29, 0.717) is 18.2 Å². The normalized spacial score (nSPS) is 18.1. The van der Waals surface area contributed by atoms with Crippen LogP contribution in [0, 0.1) is 0 Å². The molecule has 3 heterocycles. The van der Waals surface area contributed by atoms with E-state index in [4.69, 9.17) is 4.42 Å². The zero-order valence-corrected chi connectivity index (χ0v) is 14.7. The average Bonchev–Trinajstić information content (AvgIpc) is 3.19. The number of rotatable bonds is 5. The maximum atomic E-state index is 12.1. The molecule has 4 nitrogen and oxygen atoms in total. The van der Waals surface area contributed by atoms with Gasteiger partial charge in [0.15, 0.2) is 5.58 Å². The Morgan fingerprint density at radius 2 is 2.12 bits per heavy atom. The molecule has 1 atom stereocenters. The zero-order valence-electron chi connectivity index (χ0n) is 13.9. The first kappa shape index (κ1) is 15.7. The second-order valence-corrected chi connectivity index (χ2v) is 7.35. The largest absolute Gasteiger partial charge is 0.419 e. The van der Waals surface area contributed by atoms with E-state index in [9.17, 15) is 4.79 Å². The highest BCUT2D eigenvalue weighted by atomic mass is 32.1. The number of oxazole rings is 1. The van der Waals surface area contributed by atoms with E-state index in [0.717, 1.165) is 37.9 Å². The molecule has 126 valence electrons. The van der Waals surface area contributed by atoms with Gasteiger partial charge in [-0.3, -0.25) is 9.47 Å². The number of hydrogen-bond acceptors (Lipinski definition) is 4. The number of hydrogen-bond donors (Lipinski definition) is 0. The monoisotopic (exact) mass is 342 g/mol. The first-order valence-corrected chi connectivity index (χ1v) is 9.54. The van der Waals surface area contributed by atoms with Crippen LogP contribution in [0.4, 0.5) is 0 Å². The van der Waals surface area contributed by atoms with Crippen molar-refractivity contribution in [2.45, 2.75) is 38.8 Å². The molecule has 0 unspecified atom stereocenters. The third-order valence-corrected chi connectivity index (χ3v) is 5.99. The van der Waals surface area contributed by atoms with Crippen LogP contribution in [-0.2, 0) is 13.0 Å². The number of benzene rings is 1. The molecule has 1 aromatic carbocycles. The summed E-state index contributed by atoms with van der Waals surface area (Å²) in [5, 5.41) is 2.22. The van der Waals surface area contributed by atoms with Crippen LogP contribution in [0.3, 0.4) is 0 Å². The van der Waals surface area contributed by atoms with Crippen LogP contribution in [0.25, 0.3) is 11.1 Å². The Kier molecular flexibility index (Phi) is 4.29. The third kappa shape index (κ3) is 2.72. The molecule has 0 bridgehead atoms. The zero-order chi connectivity index (χ0) is 16.5. The summed E-state index contributed by atoms with van der Waals surface area (Å²) in [5.41, 5.74) is 3.09. The number of para-hydroxylation sites is 2. The number of fused-ring (bicyclic) bond motifs is 2. The molecule has 0 radical (unpaired) electrons. The van der Waals surface area contributed by atoms with Crippen LogP contribution in [0.5, 0.6) is 0 Å². The van der Waals surface area contributed by atoms with Crippen molar-refractivity contribution in [1.29, 1.82) is 0 Å². The van der Waals surface area contributed by atoms with Gasteiger partial charge in [-0.15, -0.1) is 11.3 Å². The highest BCUT2D eigenvalue weighted by Gasteiger charge is 2.26. The van der Waals surface area contributed by atoms with Gasteiger partial charge >= 0.3 is 5.76 Å². The van der Waals surface area contributed by atoms with Gasteiger partial charge in [-0.25, -0.2) is 4.79 Å². The predicted octanol–water partition coefficient (Wildman–Crippen LogP) is 4.06. The van der Waals surface area contributed by atoms with Crippen molar-refractivity contribution in [1.82, 2.24) is 9.47 Å². The van der Waals surface area contributed by atoms with Crippen LogP contribution < -0.4 is 5.76 Å². The molecule has 0 fully saturated rings. The summed E-state index contributed by atoms with van der Waals surface area (Å²) in [7, 11) is 0. The van der Waals surface area contributed by atoms with Gasteiger partial charge in [-0.05, 0) is 48.4 Å². The van der Waals surface area contributed by atoms with Crippen molar-refractivity contribution in [3.8, 4) is 0 Å². The minimum absolute atomic E-state index is 0.248. The second kappa shape index (κ2) is 6.57. The lowest BCUT2D eigenvalue weighted by molar-refractivity contribution is 0.176. The third-order valence-electron chi connectivity index (χ3n) is 4.99. The van der Waals surface area contributed by atoms with Gasteiger partial charge in [-0.2, -0.15) is 0 Å². The highest BCUT2D eigenvalue weighted by molar-refractivity contribution is 7.10. The topological polar surface area (TPSA) is 38.4 Å². The van der Waals surface area contributed by atoms with Crippen molar-refractivity contribution in [3.05, 3.63) is 56.7 Å². The molecular weight excluding hydrogens is 320 g/mol. The molecule has 0 N–H and O–H groups in total. The lowest BCUT2D eigenvalue weighted by Crippen LogP contribution is -2.35. The van der Waals surface area contributed by atoms with E-state index >= 15 is 0 Å². The lowest BCUT2D eigenvalue weighted by Gasteiger charge is -2.35. The van der Waals surface area contributed by atoms with E-state index in [2.05, 4.69) is 23.3 Å². The summed E-state index contributed by atoms with van der Waals surface area (Å²) in [5.74, 6) is -0.248. The fraction of sp³-hybridized carbons (Fsp3) is 0.421. The SMILES string of the molecule is CC[C@@H]1c2ccsc2CCN1CCCn1c(=O)oc2ccccc21. The standard InChI is InChI=1S/C19H22N2O2S/c1-2-15-14-9-13-24-18(14)8-12-20(15)10-5-11-21-16-6-3-4-7-17(16)23-19(21)22/h3-4,6-7,9,13,15H,2,5,8,10-12H2,1H3/t15-/m1/s1. The number of nitrogens with zero attached hydrogens (tertiary/aromatic N) is 2. The first-order valence-electron chi connectivity index (χ1n) is 8.66. The van der Waals surface area contributed by atoms with E-state index in [-0.39, 0.29) is 5.76 Å². The van der Waals surface area contributed by atoms with Crippen molar-refractivity contribution in [2.75, 3.05) is 13.1 Å². The van der Waals surface area contributed by atoms with Crippen LogP contribution in [-0.4, -0.2) is 22.6 Å². The Balaban J connectivity index is 1.46. The van der Waals surface area contributed by atoms with Crippen molar-refractivity contribution in [2.24, 2.45) is 0 Å². The smallest absolute Gasteiger partial charge is 0.408 e. The molecule has 0 saturated carbocycles. The molecule has 3 aromatic rings. The van der Waals surface area contributed by atoms with Crippen molar-refractivity contribution in [3.63, 3.8) is 0 Å². The summed E-state index contributed by atoms with van der Waals surface area (Å²) < 4.78 is 7.08. The second-order valence-electron chi connectivity index (χ2n) is 6.35. The van der Waals surface area contributed by atoms with E-state index < -0.39 is 0 Å². The van der Waals surface area contributed by atoms with Gasteiger partial charge in [-0.1, -0.05) is 19.1 Å². The van der Waals surface area contributed by atoms with Crippen LogP contribution >= 0.6 is 11.3 Å². The van der Waals surface area contributed by atoms with E-state index in [1.54, 1.807) is 9.44 Å². The number of aromatic nitrogens is 1. The molecule has 0 aliphatic carbocycles. The Hall–Kier alpha value is -1.85. The van der Waals surface area contributed by atoms with Gasteiger partial charge in [0.25, 0.3) is 0 Å². The van der Waals surface area contributed by atoms with Crippen LogP contribution in [0.1, 0.15) is 36.2 Å². The molecule has 1 aliphatic rings. The summed E-state index contributed by atoms with van der Waals surface area (Å²) in [6, 6.07) is 10.5. The molecule has 5 heteroatoms. The molecule has 0 amide bonds. The summed E-state index contributed by atoms with van der Waals surface area (Å²) in [6.07, 6.45) is 3.25. The number of thiophene rings is 1. The molecule has 24 heavy (non-hydrogen) atoms. The molecular formula is C19H22N2O2S. The Bertz CT molecular complexity index is 892. The van der Waals surface area contributed by atoms with Crippen LogP contribution in [0.2, 0.25) is 0 Å². The Morgan fingerprint density at radius 1 is 1.25 bits per heavy atom. The van der Waals surface area contributed by atoms with Gasteiger partial charge in [0.2, 0.25) is 0 Å². The van der Waals surface area contributed by atoms with Gasteiger partial charge in [0, 0.05) is 30.6 Å². The summed E-state index contributed by atoms with van der Waals surface area (Å²) in [4.78, 5) is 16.2. The molecule has 0 saturated heterocycles. The molecule has 4 rings (SSSR count). The molecule has 1 aliphatic heterocycles. The maximum absolute atomic E-state index is 12.1. The maximum Gasteiger partial charge on any atom is 0.419 e. The van der Waals surface area contributed by atoms with Gasteiger partial charge < -0.3 is 4.42 Å². The van der Waals surface area contributed by atoms with Crippen LogP contribution in [0.15, 0.2) is 44.9 Å². The minimum atomic E-state index is -0.248. The van der Waals surface area contributed by atoms with E-state index in [1.165, 1.54) is 5.56 Å². The molecule has 2 aromatic heterocycles. The van der Waals surface area contributed by atoms with Crippen molar-refractivity contribution < 1.29 is 4.42 Å². The Labute approximate surface area is 145 Å². The number of aryl methyl sites for hydroxylation is 1. The first-order chi connectivity index (χ1) is 11.8.